The van der Waals surface area contributed by atoms with Crippen molar-refractivity contribution in [3.05, 3.63) is 17.5 Å². The first-order valence-corrected chi connectivity index (χ1v) is 8.19. The Morgan fingerprint density at radius 1 is 1.38 bits per heavy atom. The molecule has 0 bridgehead atoms. The lowest BCUT2D eigenvalue weighted by atomic mass is 9.88. The summed E-state index contributed by atoms with van der Waals surface area (Å²) in [5, 5.41) is 9.91. The van der Waals surface area contributed by atoms with Crippen molar-refractivity contribution in [1.82, 2.24) is 15.5 Å². The van der Waals surface area contributed by atoms with Gasteiger partial charge in [0.25, 0.3) is 5.91 Å². The number of hydrogen-bond acceptors (Lipinski definition) is 3. The van der Waals surface area contributed by atoms with Crippen LogP contribution in [-0.2, 0) is 4.74 Å². The van der Waals surface area contributed by atoms with Crippen molar-refractivity contribution in [2.45, 2.75) is 57.5 Å². The highest BCUT2D eigenvalue weighted by atomic mass is 16.5. The Morgan fingerprint density at radius 2 is 2.19 bits per heavy atom. The molecule has 1 amide bonds. The molecule has 116 valence electrons. The van der Waals surface area contributed by atoms with Crippen molar-refractivity contribution >= 4 is 5.91 Å². The molecule has 0 spiro atoms. The Morgan fingerprint density at radius 3 is 2.95 bits per heavy atom. The summed E-state index contributed by atoms with van der Waals surface area (Å²) in [5.74, 6) is 1.12. The van der Waals surface area contributed by atoms with Crippen LogP contribution >= 0.6 is 0 Å². The summed E-state index contributed by atoms with van der Waals surface area (Å²) in [6.07, 6.45) is 7.77. The first kappa shape index (κ1) is 14.6. The normalized spacial score (nSPS) is 25.8. The lowest BCUT2D eigenvalue weighted by molar-refractivity contribution is -0.00295. The highest BCUT2D eigenvalue weighted by Crippen LogP contribution is 2.38. The molecule has 2 aliphatic carbocycles. The van der Waals surface area contributed by atoms with Gasteiger partial charge in [-0.3, -0.25) is 9.89 Å². The molecule has 1 aromatic rings. The van der Waals surface area contributed by atoms with Gasteiger partial charge in [-0.1, -0.05) is 19.8 Å². The summed E-state index contributed by atoms with van der Waals surface area (Å²) < 4.78 is 5.89. The molecule has 3 rings (SSSR count). The zero-order chi connectivity index (χ0) is 14.7. The first-order chi connectivity index (χ1) is 10.2. The molecular weight excluding hydrogens is 266 g/mol. The summed E-state index contributed by atoms with van der Waals surface area (Å²) in [4.78, 5) is 12.0. The lowest BCUT2D eigenvalue weighted by Crippen LogP contribution is -2.32. The molecule has 5 nitrogen and oxygen atoms in total. The van der Waals surface area contributed by atoms with E-state index >= 15 is 0 Å². The van der Waals surface area contributed by atoms with E-state index in [1.165, 1.54) is 32.1 Å². The zero-order valence-electron chi connectivity index (χ0n) is 12.7. The minimum absolute atomic E-state index is 0.113. The predicted octanol–water partition coefficient (Wildman–Crippen LogP) is 2.61. The number of amides is 1. The van der Waals surface area contributed by atoms with Gasteiger partial charge in [-0.25, -0.2) is 0 Å². The first-order valence-electron chi connectivity index (χ1n) is 8.19. The van der Waals surface area contributed by atoms with Crippen LogP contribution in [-0.4, -0.2) is 35.4 Å². The van der Waals surface area contributed by atoms with Crippen molar-refractivity contribution in [1.29, 1.82) is 0 Å². The number of ether oxygens (including phenoxy) is 1. The van der Waals surface area contributed by atoms with Gasteiger partial charge in [0.2, 0.25) is 0 Å². The van der Waals surface area contributed by atoms with Gasteiger partial charge in [-0.2, -0.15) is 5.10 Å². The third-order valence-corrected chi connectivity index (χ3v) is 4.60. The number of hydrogen-bond donors (Lipinski definition) is 2. The molecule has 1 aromatic heterocycles. The van der Waals surface area contributed by atoms with E-state index in [1.807, 2.05) is 6.07 Å². The Labute approximate surface area is 125 Å². The van der Waals surface area contributed by atoms with Gasteiger partial charge < -0.3 is 10.1 Å². The molecule has 0 radical (unpaired) electrons. The quantitative estimate of drug-likeness (QED) is 0.792. The summed E-state index contributed by atoms with van der Waals surface area (Å²) in [6.45, 7) is 3.39. The Kier molecular flexibility index (Phi) is 4.58. The molecule has 2 atom stereocenters. The molecule has 1 heterocycles. The maximum Gasteiger partial charge on any atom is 0.271 e. The second-order valence-corrected chi connectivity index (χ2v) is 6.41. The number of carbonyl (C=O) groups is 1. The number of aromatic amines is 1. The molecule has 2 fully saturated rings. The number of H-pyrrole nitrogens is 1. The molecular formula is C16H25N3O2. The molecule has 2 N–H and O–H groups in total. The predicted molar refractivity (Wildman–Crippen MR) is 80.3 cm³/mol. The largest absolute Gasteiger partial charge is 0.376 e. The van der Waals surface area contributed by atoms with Crippen molar-refractivity contribution < 1.29 is 9.53 Å². The molecule has 2 aliphatic rings. The second-order valence-electron chi connectivity index (χ2n) is 6.41. The zero-order valence-corrected chi connectivity index (χ0v) is 12.7. The number of aromatic nitrogens is 2. The Bertz CT molecular complexity index is 482. The standard InChI is InChI=1S/C16H25N3O2/c1-11-4-2-3-5-15(11)21-9-8-17-16(20)14-10-13(18-19-14)12-6-7-12/h10-12,15H,2-9H2,1H3,(H,17,20)(H,18,19). The highest BCUT2D eigenvalue weighted by Gasteiger charge is 2.26. The second kappa shape index (κ2) is 6.60. The van der Waals surface area contributed by atoms with Crippen LogP contribution < -0.4 is 5.32 Å². The van der Waals surface area contributed by atoms with Crippen molar-refractivity contribution in [3.63, 3.8) is 0 Å². The Hall–Kier alpha value is -1.36. The van der Waals surface area contributed by atoms with E-state index < -0.39 is 0 Å². The fraction of sp³-hybridized carbons (Fsp3) is 0.750. The van der Waals surface area contributed by atoms with Crippen LogP contribution in [0.15, 0.2) is 6.07 Å². The number of rotatable bonds is 6. The fourth-order valence-corrected chi connectivity index (χ4v) is 3.05. The molecule has 2 unspecified atom stereocenters. The minimum Gasteiger partial charge on any atom is -0.376 e. The lowest BCUT2D eigenvalue weighted by Gasteiger charge is -2.28. The highest BCUT2D eigenvalue weighted by molar-refractivity contribution is 5.92. The van der Waals surface area contributed by atoms with Crippen LogP contribution in [0.5, 0.6) is 0 Å². The molecule has 0 saturated heterocycles. The third-order valence-electron chi connectivity index (χ3n) is 4.60. The van der Waals surface area contributed by atoms with Gasteiger partial charge in [-0.05, 0) is 37.7 Å². The molecule has 2 saturated carbocycles. The SMILES string of the molecule is CC1CCCCC1OCCNC(=O)c1cc(C2CC2)[nH]n1. The Balaban J connectivity index is 1.37. The van der Waals surface area contributed by atoms with Crippen molar-refractivity contribution in [3.8, 4) is 0 Å². The smallest absolute Gasteiger partial charge is 0.271 e. The topological polar surface area (TPSA) is 67.0 Å². The average Bonchev–Trinajstić information content (AvgIpc) is 3.22. The van der Waals surface area contributed by atoms with Crippen LogP contribution in [0.2, 0.25) is 0 Å². The summed E-state index contributed by atoms with van der Waals surface area (Å²) in [5.41, 5.74) is 1.58. The van der Waals surface area contributed by atoms with Gasteiger partial charge >= 0.3 is 0 Å². The van der Waals surface area contributed by atoms with Crippen LogP contribution in [0, 0.1) is 5.92 Å². The van der Waals surface area contributed by atoms with Gasteiger partial charge in [0, 0.05) is 18.2 Å². The van der Waals surface area contributed by atoms with Gasteiger partial charge in [0.05, 0.1) is 12.7 Å². The van der Waals surface area contributed by atoms with E-state index in [4.69, 9.17) is 4.74 Å². The van der Waals surface area contributed by atoms with Crippen LogP contribution in [0.1, 0.15) is 67.5 Å². The van der Waals surface area contributed by atoms with Crippen molar-refractivity contribution in [2.75, 3.05) is 13.2 Å². The number of carbonyl (C=O) groups excluding carboxylic acids is 1. The average molecular weight is 291 g/mol. The van der Waals surface area contributed by atoms with E-state index in [0.29, 0.717) is 36.8 Å². The van der Waals surface area contributed by atoms with E-state index in [1.54, 1.807) is 0 Å². The maximum atomic E-state index is 12.0. The summed E-state index contributed by atoms with van der Waals surface area (Å²) in [7, 11) is 0. The third kappa shape index (κ3) is 3.84. The van der Waals surface area contributed by atoms with Gasteiger partial charge in [-0.15, -0.1) is 0 Å². The van der Waals surface area contributed by atoms with Gasteiger partial charge in [0.15, 0.2) is 0 Å². The van der Waals surface area contributed by atoms with E-state index in [9.17, 15) is 4.79 Å². The molecule has 21 heavy (non-hydrogen) atoms. The number of nitrogens with one attached hydrogen (secondary N) is 2. The summed E-state index contributed by atoms with van der Waals surface area (Å²) in [6, 6.07) is 1.87. The van der Waals surface area contributed by atoms with E-state index in [2.05, 4.69) is 22.4 Å². The summed E-state index contributed by atoms with van der Waals surface area (Å²) >= 11 is 0. The number of nitrogens with zero attached hydrogens (tertiary/aromatic N) is 1. The van der Waals surface area contributed by atoms with E-state index in [-0.39, 0.29) is 5.91 Å². The monoisotopic (exact) mass is 291 g/mol. The molecule has 5 heteroatoms. The van der Waals surface area contributed by atoms with Crippen LogP contribution in [0.25, 0.3) is 0 Å². The maximum absolute atomic E-state index is 12.0. The van der Waals surface area contributed by atoms with Crippen LogP contribution in [0.4, 0.5) is 0 Å². The van der Waals surface area contributed by atoms with E-state index in [0.717, 1.165) is 12.1 Å². The van der Waals surface area contributed by atoms with Crippen molar-refractivity contribution in [2.24, 2.45) is 5.92 Å². The van der Waals surface area contributed by atoms with Gasteiger partial charge in [0.1, 0.15) is 5.69 Å². The molecule has 0 aliphatic heterocycles. The molecule has 0 aromatic carbocycles. The minimum atomic E-state index is -0.113. The van der Waals surface area contributed by atoms with Crippen LogP contribution in [0.3, 0.4) is 0 Å². The fourth-order valence-electron chi connectivity index (χ4n) is 3.05.